The fourth-order valence-electron chi connectivity index (χ4n) is 1.24. The van der Waals surface area contributed by atoms with Crippen molar-refractivity contribution in [2.24, 2.45) is 0 Å². The van der Waals surface area contributed by atoms with Crippen molar-refractivity contribution in [3.05, 3.63) is 0 Å². The molecule has 7 nitrogen and oxygen atoms in total. The molecule has 0 aliphatic rings. The lowest BCUT2D eigenvalue weighted by molar-refractivity contribution is -0.137. The monoisotopic (exact) mass is 259 g/mol. The van der Waals surface area contributed by atoms with Gasteiger partial charge < -0.3 is 20.6 Å². The fraction of sp³-hybridized carbons (Fsp3) is 0.727. The van der Waals surface area contributed by atoms with Crippen LogP contribution < -0.4 is 10.6 Å². The van der Waals surface area contributed by atoms with Gasteiger partial charge in [0, 0.05) is 26.1 Å². The Morgan fingerprint density at radius 3 is 2.28 bits per heavy atom. The molecule has 7 heteroatoms. The molecular weight excluding hydrogens is 238 g/mol. The first kappa shape index (κ1) is 16.2. The number of likely N-dealkylation sites (N-methyl/N-ethyl adjacent to an activating group) is 1. The summed E-state index contributed by atoms with van der Waals surface area (Å²) in [7, 11) is 0. The summed E-state index contributed by atoms with van der Waals surface area (Å²) in [5.74, 6) is -1.19. The van der Waals surface area contributed by atoms with Crippen LogP contribution in [0.25, 0.3) is 0 Å². The zero-order valence-electron chi connectivity index (χ0n) is 10.9. The van der Waals surface area contributed by atoms with E-state index in [1.165, 1.54) is 0 Å². The Morgan fingerprint density at radius 1 is 1.11 bits per heavy atom. The first-order valence-corrected chi connectivity index (χ1v) is 6.02. The highest BCUT2D eigenvalue weighted by atomic mass is 16.4. The van der Waals surface area contributed by atoms with Gasteiger partial charge in [-0.2, -0.15) is 0 Å². The number of rotatable bonds is 8. The summed E-state index contributed by atoms with van der Waals surface area (Å²) in [5, 5.41) is 13.8. The van der Waals surface area contributed by atoms with Crippen LogP contribution in [0.2, 0.25) is 0 Å². The molecule has 0 fully saturated rings. The van der Waals surface area contributed by atoms with Crippen LogP contribution in [-0.2, 0) is 9.59 Å². The van der Waals surface area contributed by atoms with E-state index in [2.05, 4.69) is 10.6 Å². The number of carbonyl (C=O) groups is 3. The largest absolute Gasteiger partial charge is 0.480 e. The second-order valence-corrected chi connectivity index (χ2v) is 3.74. The van der Waals surface area contributed by atoms with E-state index < -0.39 is 12.0 Å². The summed E-state index contributed by atoms with van der Waals surface area (Å²) < 4.78 is 0. The number of amides is 3. The summed E-state index contributed by atoms with van der Waals surface area (Å²) >= 11 is 0. The molecule has 0 heterocycles. The zero-order valence-corrected chi connectivity index (χ0v) is 10.9. The van der Waals surface area contributed by atoms with E-state index in [0.29, 0.717) is 13.1 Å². The van der Waals surface area contributed by atoms with Crippen LogP contribution in [0.1, 0.15) is 26.7 Å². The zero-order chi connectivity index (χ0) is 14.0. The summed E-state index contributed by atoms with van der Waals surface area (Å²) in [4.78, 5) is 34.4. The van der Waals surface area contributed by atoms with E-state index >= 15 is 0 Å². The minimum atomic E-state index is -1.06. The van der Waals surface area contributed by atoms with Crippen molar-refractivity contribution in [3.63, 3.8) is 0 Å². The van der Waals surface area contributed by atoms with Crippen LogP contribution in [0, 0.1) is 0 Å². The average molecular weight is 259 g/mol. The Kier molecular flexibility index (Phi) is 8.34. The van der Waals surface area contributed by atoms with Gasteiger partial charge in [0.25, 0.3) is 0 Å². The van der Waals surface area contributed by atoms with Gasteiger partial charge in [-0.15, -0.1) is 0 Å². The van der Waals surface area contributed by atoms with E-state index in [9.17, 15) is 14.4 Å². The Balaban J connectivity index is 3.87. The molecule has 0 bridgehead atoms. The number of aliphatic carboxylic acids is 1. The van der Waals surface area contributed by atoms with E-state index in [0.717, 1.165) is 11.3 Å². The SMILES string of the molecule is CCCNC(=O)CCNC(=O)N(CC)CC(=O)O. The lowest BCUT2D eigenvalue weighted by Gasteiger charge is -2.18. The maximum atomic E-state index is 11.5. The molecular formula is C11H21N3O4. The molecule has 0 radical (unpaired) electrons. The summed E-state index contributed by atoms with van der Waals surface area (Å²) in [6.07, 6.45) is 1.05. The molecule has 0 unspecified atom stereocenters. The summed E-state index contributed by atoms with van der Waals surface area (Å²) in [6.45, 7) is 4.42. The highest BCUT2D eigenvalue weighted by Gasteiger charge is 2.14. The van der Waals surface area contributed by atoms with E-state index in [1.807, 2.05) is 6.92 Å². The normalized spacial score (nSPS) is 9.67. The van der Waals surface area contributed by atoms with Gasteiger partial charge in [-0.25, -0.2) is 4.79 Å². The minimum absolute atomic E-state index is 0.126. The average Bonchev–Trinajstić information content (AvgIpc) is 2.32. The number of nitrogens with one attached hydrogen (secondary N) is 2. The molecule has 0 atom stereocenters. The van der Waals surface area contributed by atoms with Crippen molar-refractivity contribution in [1.82, 2.24) is 15.5 Å². The molecule has 0 aromatic heterocycles. The molecule has 0 aliphatic heterocycles. The van der Waals surface area contributed by atoms with Crippen molar-refractivity contribution >= 4 is 17.9 Å². The number of carbonyl (C=O) groups excluding carboxylic acids is 2. The quantitative estimate of drug-likeness (QED) is 0.572. The van der Waals surface area contributed by atoms with Gasteiger partial charge in [0.15, 0.2) is 0 Å². The highest BCUT2D eigenvalue weighted by molar-refractivity contribution is 5.81. The van der Waals surface area contributed by atoms with Crippen molar-refractivity contribution < 1.29 is 19.5 Å². The maximum absolute atomic E-state index is 11.5. The van der Waals surface area contributed by atoms with Crippen LogP contribution in [0.3, 0.4) is 0 Å². The van der Waals surface area contributed by atoms with Gasteiger partial charge in [0.2, 0.25) is 5.91 Å². The number of carboxylic acids is 1. The Bertz CT molecular complexity index is 294. The Labute approximate surface area is 107 Å². The van der Waals surface area contributed by atoms with Crippen LogP contribution >= 0.6 is 0 Å². The molecule has 104 valence electrons. The van der Waals surface area contributed by atoms with Crippen LogP contribution in [-0.4, -0.2) is 54.1 Å². The van der Waals surface area contributed by atoms with E-state index in [1.54, 1.807) is 6.92 Å². The lowest BCUT2D eigenvalue weighted by atomic mass is 10.3. The first-order valence-electron chi connectivity index (χ1n) is 6.02. The van der Waals surface area contributed by atoms with Crippen molar-refractivity contribution in [3.8, 4) is 0 Å². The van der Waals surface area contributed by atoms with Gasteiger partial charge in [0.05, 0.1) is 0 Å². The van der Waals surface area contributed by atoms with E-state index in [4.69, 9.17) is 5.11 Å². The molecule has 0 aromatic carbocycles. The molecule has 18 heavy (non-hydrogen) atoms. The third kappa shape index (κ3) is 7.48. The number of hydrogen-bond donors (Lipinski definition) is 3. The number of nitrogens with zero attached hydrogens (tertiary/aromatic N) is 1. The summed E-state index contributed by atoms with van der Waals surface area (Å²) in [6, 6.07) is -0.469. The van der Waals surface area contributed by atoms with Crippen molar-refractivity contribution in [1.29, 1.82) is 0 Å². The molecule has 0 rings (SSSR count). The smallest absolute Gasteiger partial charge is 0.323 e. The molecule has 3 amide bonds. The molecule has 0 aliphatic carbocycles. The van der Waals surface area contributed by atoms with Gasteiger partial charge in [-0.05, 0) is 13.3 Å². The third-order valence-electron chi connectivity index (χ3n) is 2.20. The predicted octanol–water partition coefficient (Wildman–Crippen LogP) is 0.0188. The van der Waals surface area contributed by atoms with Gasteiger partial charge in [0.1, 0.15) is 6.54 Å². The van der Waals surface area contributed by atoms with Crippen LogP contribution in [0.15, 0.2) is 0 Å². The molecule has 0 aromatic rings. The third-order valence-corrected chi connectivity index (χ3v) is 2.20. The minimum Gasteiger partial charge on any atom is -0.480 e. The highest BCUT2D eigenvalue weighted by Crippen LogP contribution is 1.89. The van der Waals surface area contributed by atoms with Crippen LogP contribution in [0.5, 0.6) is 0 Å². The van der Waals surface area contributed by atoms with Gasteiger partial charge in [-0.3, -0.25) is 9.59 Å². The maximum Gasteiger partial charge on any atom is 0.323 e. The fourth-order valence-corrected chi connectivity index (χ4v) is 1.24. The molecule has 0 saturated carbocycles. The molecule has 0 spiro atoms. The lowest BCUT2D eigenvalue weighted by Crippen LogP contribution is -2.43. The topological polar surface area (TPSA) is 98.7 Å². The van der Waals surface area contributed by atoms with Crippen LogP contribution in [0.4, 0.5) is 4.79 Å². The molecule has 0 saturated heterocycles. The number of hydrogen-bond acceptors (Lipinski definition) is 3. The second kappa shape index (κ2) is 9.26. The predicted molar refractivity (Wildman–Crippen MR) is 66.2 cm³/mol. The Morgan fingerprint density at radius 2 is 1.78 bits per heavy atom. The standard InChI is InChI=1S/C11H21N3O4/c1-3-6-12-9(15)5-7-13-11(18)14(4-2)8-10(16)17/h3-8H2,1-2H3,(H,12,15)(H,13,18)(H,16,17). The van der Waals surface area contributed by atoms with Crippen molar-refractivity contribution in [2.45, 2.75) is 26.7 Å². The first-order chi connectivity index (χ1) is 8.51. The molecule has 3 N–H and O–H groups in total. The summed E-state index contributed by atoms with van der Waals surface area (Å²) in [5.41, 5.74) is 0. The number of urea groups is 1. The second-order valence-electron chi connectivity index (χ2n) is 3.74. The van der Waals surface area contributed by atoms with Gasteiger partial charge in [-0.1, -0.05) is 6.92 Å². The number of carboxylic acid groups (broad SMARTS) is 1. The van der Waals surface area contributed by atoms with Gasteiger partial charge >= 0.3 is 12.0 Å². The van der Waals surface area contributed by atoms with Crippen molar-refractivity contribution in [2.75, 3.05) is 26.2 Å². The Hall–Kier alpha value is -1.79. The van der Waals surface area contributed by atoms with E-state index in [-0.39, 0.29) is 25.4 Å².